The summed E-state index contributed by atoms with van der Waals surface area (Å²) in [7, 11) is 0. The van der Waals surface area contributed by atoms with Crippen molar-refractivity contribution in [2.24, 2.45) is 0 Å². The van der Waals surface area contributed by atoms with Gasteiger partial charge < -0.3 is 5.73 Å². The molecule has 0 atom stereocenters. The highest BCUT2D eigenvalue weighted by Crippen LogP contribution is 2.19. The monoisotopic (exact) mass is 249 g/mol. The molecule has 2 N–H and O–H groups in total. The zero-order chi connectivity index (χ0) is 12.4. The van der Waals surface area contributed by atoms with Crippen molar-refractivity contribution in [3.8, 4) is 0 Å². The summed E-state index contributed by atoms with van der Waals surface area (Å²) >= 11 is 5.73. The van der Waals surface area contributed by atoms with Crippen LogP contribution in [0.1, 0.15) is 15.9 Å². The van der Waals surface area contributed by atoms with Crippen LogP contribution in [-0.2, 0) is 0 Å². The first-order valence-corrected chi connectivity index (χ1v) is 5.31. The topological polar surface area (TPSA) is 43.1 Å². The molecule has 0 aromatic heterocycles. The number of nitrogens with two attached hydrogens (primary N) is 1. The van der Waals surface area contributed by atoms with Crippen molar-refractivity contribution in [1.29, 1.82) is 0 Å². The molecule has 0 aliphatic carbocycles. The van der Waals surface area contributed by atoms with Gasteiger partial charge >= 0.3 is 0 Å². The van der Waals surface area contributed by atoms with Crippen molar-refractivity contribution in [3.05, 3.63) is 64.4 Å². The summed E-state index contributed by atoms with van der Waals surface area (Å²) in [4.78, 5) is 12.0. The van der Waals surface area contributed by atoms with Crippen LogP contribution in [-0.4, -0.2) is 5.78 Å². The summed E-state index contributed by atoms with van der Waals surface area (Å²) in [5.74, 6) is -0.999. The molecule has 0 fully saturated rings. The summed E-state index contributed by atoms with van der Waals surface area (Å²) in [5.41, 5.74) is 6.40. The number of benzene rings is 2. The van der Waals surface area contributed by atoms with E-state index in [-0.39, 0.29) is 5.56 Å². The van der Waals surface area contributed by atoms with E-state index < -0.39 is 11.6 Å². The molecule has 0 aliphatic heterocycles. The molecule has 0 bridgehead atoms. The highest BCUT2D eigenvalue weighted by molar-refractivity contribution is 6.31. The Balaban J connectivity index is 2.43. The van der Waals surface area contributed by atoms with Crippen molar-refractivity contribution in [1.82, 2.24) is 0 Å². The maximum atomic E-state index is 13.5. The third-order valence-corrected chi connectivity index (χ3v) is 2.58. The van der Waals surface area contributed by atoms with E-state index in [0.29, 0.717) is 16.3 Å². The number of rotatable bonds is 2. The van der Waals surface area contributed by atoms with Crippen LogP contribution in [0.3, 0.4) is 0 Å². The molecule has 2 rings (SSSR count). The van der Waals surface area contributed by atoms with E-state index >= 15 is 0 Å². The summed E-state index contributed by atoms with van der Waals surface area (Å²) in [5, 5.41) is 0.324. The Bertz CT molecular complexity index is 566. The zero-order valence-corrected chi connectivity index (χ0v) is 9.54. The van der Waals surface area contributed by atoms with Crippen LogP contribution >= 0.6 is 11.6 Å². The molecule has 0 saturated carbocycles. The minimum absolute atomic E-state index is 0.0396. The van der Waals surface area contributed by atoms with Gasteiger partial charge in [-0.15, -0.1) is 0 Å². The van der Waals surface area contributed by atoms with Gasteiger partial charge in [-0.3, -0.25) is 4.79 Å². The molecule has 2 aromatic carbocycles. The van der Waals surface area contributed by atoms with E-state index in [1.165, 1.54) is 18.2 Å². The molecule has 0 amide bonds. The van der Waals surface area contributed by atoms with Crippen LogP contribution in [0.4, 0.5) is 10.1 Å². The van der Waals surface area contributed by atoms with Crippen LogP contribution in [0, 0.1) is 5.82 Å². The fraction of sp³-hybridized carbons (Fsp3) is 0. The van der Waals surface area contributed by atoms with E-state index in [2.05, 4.69) is 0 Å². The fourth-order valence-corrected chi connectivity index (χ4v) is 1.63. The second-order valence-electron chi connectivity index (χ2n) is 3.58. The van der Waals surface area contributed by atoms with Crippen LogP contribution in [0.2, 0.25) is 5.02 Å². The Morgan fingerprint density at radius 1 is 1.12 bits per heavy atom. The molecule has 0 saturated heterocycles. The molecule has 4 heteroatoms. The van der Waals surface area contributed by atoms with Crippen LogP contribution in [0.5, 0.6) is 0 Å². The number of hydrogen-bond donors (Lipinski definition) is 1. The number of hydrogen-bond acceptors (Lipinski definition) is 2. The first-order valence-electron chi connectivity index (χ1n) is 4.93. The molecular weight excluding hydrogens is 241 g/mol. The quantitative estimate of drug-likeness (QED) is 0.656. The van der Waals surface area contributed by atoms with Crippen molar-refractivity contribution in [2.45, 2.75) is 0 Å². The lowest BCUT2D eigenvalue weighted by atomic mass is 10.0. The van der Waals surface area contributed by atoms with Crippen molar-refractivity contribution < 1.29 is 9.18 Å². The molecule has 17 heavy (non-hydrogen) atoms. The number of carbonyl (C=O) groups is 1. The number of nitrogen functional groups attached to an aromatic ring is 1. The van der Waals surface area contributed by atoms with Gasteiger partial charge in [-0.2, -0.15) is 0 Å². The molecule has 0 spiro atoms. The molecule has 0 radical (unpaired) electrons. The highest BCUT2D eigenvalue weighted by Gasteiger charge is 2.14. The van der Waals surface area contributed by atoms with Crippen LogP contribution < -0.4 is 5.73 Å². The van der Waals surface area contributed by atoms with Crippen LogP contribution in [0.15, 0.2) is 42.5 Å². The molecule has 2 aromatic rings. The lowest BCUT2D eigenvalue weighted by Gasteiger charge is -2.03. The maximum absolute atomic E-state index is 13.5. The van der Waals surface area contributed by atoms with Gasteiger partial charge in [0.2, 0.25) is 0 Å². The van der Waals surface area contributed by atoms with Gasteiger partial charge in [-0.05, 0) is 42.5 Å². The Kier molecular flexibility index (Phi) is 3.11. The number of anilines is 1. The van der Waals surface area contributed by atoms with E-state index in [1.54, 1.807) is 24.3 Å². The minimum Gasteiger partial charge on any atom is -0.399 e. The maximum Gasteiger partial charge on any atom is 0.196 e. The Labute approximate surface area is 103 Å². The van der Waals surface area contributed by atoms with Crippen molar-refractivity contribution in [3.63, 3.8) is 0 Å². The lowest BCUT2D eigenvalue weighted by molar-refractivity contribution is 0.103. The number of ketones is 1. The molecule has 0 aliphatic rings. The van der Waals surface area contributed by atoms with Gasteiger partial charge in [0.1, 0.15) is 5.82 Å². The zero-order valence-electron chi connectivity index (χ0n) is 8.78. The molecule has 0 heterocycles. The lowest BCUT2D eigenvalue weighted by Crippen LogP contribution is -2.04. The van der Waals surface area contributed by atoms with E-state index in [9.17, 15) is 9.18 Å². The highest BCUT2D eigenvalue weighted by atomic mass is 35.5. The van der Waals surface area contributed by atoms with Gasteiger partial charge in [0, 0.05) is 16.3 Å². The van der Waals surface area contributed by atoms with Gasteiger partial charge in [0.25, 0.3) is 0 Å². The van der Waals surface area contributed by atoms with Gasteiger partial charge in [0.15, 0.2) is 5.78 Å². The van der Waals surface area contributed by atoms with Gasteiger partial charge in [0.05, 0.1) is 5.56 Å². The first-order chi connectivity index (χ1) is 8.08. The smallest absolute Gasteiger partial charge is 0.196 e. The predicted molar refractivity (Wildman–Crippen MR) is 65.7 cm³/mol. The van der Waals surface area contributed by atoms with Crippen molar-refractivity contribution in [2.75, 3.05) is 5.73 Å². The number of halogens is 2. The van der Waals surface area contributed by atoms with Gasteiger partial charge in [-0.25, -0.2) is 4.39 Å². The largest absolute Gasteiger partial charge is 0.399 e. The van der Waals surface area contributed by atoms with Crippen molar-refractivity contribution >= 4 is 23.1 Å². The van der Waals surface area contributed by atoms with E-state index in [0.717, 1.165) is 0 Å². The summed E-state index contributed by atoms with van der Waals surface area (Å²) in [6.07, 6.45) is 0. The fourth-order valence-electron chi connectivity index (χ4n) is 1.46. The second kappa shape index (κ2) is 4.55. The second-order valence-corrected chi connectivity index (χ2v) is 4.01. The SMILES string of the molecule is Nc1ccc(C(=O)c2cc(Cl)ccc2F)cc1. The number of carbonyl (C=O) groups excluding carboxylic acids is 1. The molecule has 2 nitrogen and oxygen atoms in total. The summed E-state index contributed by atoms with van der Waals surface area (Å²) < 4.78 is 13.5. The third-order valence-electron chi connectivity index (χ3n) is 2.35. The third kappa shape index (κ3) is 2.45. The Morgan fingerprint density at radius 2 is 1.76 bits per heavy atom. The Morgan fingerprint density at radius 3 is 2.41 bits per heavy atom. The Hall–Kier alpha value is -1.87. The molecule has 86 valence electrons. The normalized spacial score (nSPS) is 10.2. The first kappa shape index (κ1) is 11.6. The average Bonchev–Trinajstić information content (AvgIpc) is 2.32. The minimum atomic E-state index is -0.587. The van der Waals surface area contributed by atoms with E-state index in [4.69, 9.17) is 17.3 Å². The summed E-state index contributed by atoms with van der Waals surface area (Å²) in [6, 6.07) is 10.2. The molecular formula is C13H9ClFNO. The average molecular weight is 250 g/mol. The van der Waals surface area contributed by atoms with E-state index in [1.807, 2.05) is 0 Å². The standard InChI is InChI=1S/C13H9ClFNO/c14-9-3-6-12(15)11(7-9)13(17)8-1-4-10(16)5-2-8/h1-7H,16H2. The predicted octanol–water partition coefficient (Wildman–Crippen LogP) is 3.29. The summed E-state index contributed by atoms with van der Waals surface area (Å²) in [6.45, 7) is 0. The molecule has 0 unspecified atom stereocenters. The van der Waals surface area contributed by atoms with Gasteiger partial charge in [-0.1, -0.05) is 11.6 Å². The van der Waals surface area contributed by atoms with Crippen LogP contribution in [0.25, 0.3) is 0 Å².